The molecule has 0 radical (unpaired) electrons. The summed E-state index contributed by atoms with van der Waals surface area (Å²) in [6, 6.07) is 3.37. The van der Waals surface area contributed by atoms with Crippen LogP contribution in [0.4, 0.5) is 10.5 Å². The van der Waals surface area contributed by atoms with Gasteiger partial charge in [0.05, 0.1) is 6.67 Å². The molecule has 0 spiro atoms. The van der Waals surface area contributed by atoms with Crippen LogP contribution < -0.4 is 4.90 Å². The third-order valence-corrected chi connectivity index (χ3v) is 6.22. The first kappa shape index (κ1) is 18.9. The average Bonchev–Trinajstić information content (AvgIpc) is 2.93. The van der Waals surface area contributed by atoms with Crippen LogP contribution >= 0.6 is 0 Å². The van der Waals surface area contributed by atoms with Crippen LogP contribution in [-0.4, -0.2) is 76.4 Å². The van der Waals surface area contributed by atoms with Gasteiger partial charge in [0.25, 0.3) is 0 Å². The van der Waals surface area contributed by atoms with Crippen LogP contribution in [-0.2, 0) is 9.59 Å². The zero-order valence-corrected chi connectivity index (χ0v) is 16.3. The molecule has 0 N–H and O–H groups in total. The van der Waals surface area contributed by atoms with E-state index in [0.29, 0.717) is 0 Å². The second kappa shape index (κ2) is 7.87. The SMILES string of the molecule is C[C@@H]1CCCC[C@H]1N1C(=O)C(=O)N(CN2CCN(c3ccncc3)CC2)C1=O. The van der Waals surface area contributed by atoms with Gasteiger partial charge in [0, 0.05) is 50.3 Å². The number of imide groups is 2. The number of anilines is 1. The van der Waals surface area contributed by atoms with Crippen molar-refractivity contribution < 1.29 is 14.4 Å². The minimum absolute atomic E-state index is 0.147. The van der Waals surface area contributed by atoms with Crippen molar-refractivity contribution in [3.63, 3.8) is 0 Å². The Balaban J connectivity index is 1.38. The molecule has 2 atom stereocenters. The Bertz CT molecular complexity index is 747. The number of hydrogen-bond donors (Lipinski definition) is 0. The maximum Gasteiger partial charge on any atom is 0.335 e. The summed E-state index contributed by atoms with van der Waals surface area (Å²) in [7, 11) is 0. The molecule has 0 aromatic carbocycles. The van der Waals surface area contributed by atoms with E-state index in [-0.39, 0.29) is 18.6 Å². The zero-order valence-electron chi connectivity index (χ0n) is 16.3. The molecule has 1 aromatic heterocycles. The van der Waals surface area contributed by atoms with Gasteiger partial charge < -0.3 is 4.90 Å². The van der Waals surface area contributed by atoms with Gasteiger partial charge in [0.1, 0.15) is 0 Å². The number of nitrogens with zero attached hydrogens (tertiary/aromatic N) is 5. The van der Waals surface area contributed by atoms with Crippen LogP contribution in [0.5, 0.6) is 0 Å². The highest BCUT2D eigenvalue weighted by Gasteiger charge is 2.49. The fourth-order valence-electron chi connectivity index (χ4n) is 4.52. The molecule has 3 fully saturated rings. The molecule has 2 saturated heterocycles. The van der Waals surface area contributed by atoms with Crippen molar-refractivity contribution in [2.45, 2.75) is 38.6 Å². The molecule has 1 aliphatic carbocycles. The van der Waals surface area contributed by atoms with Gasteiger partial charge in [-0.1, -0.05) is 19.8 Å². The lowest BCUT2D eigenvalue weighted by atomic mass is 9.85. The van der Waals surface area contributed by atoms with Crippen LogP contribution in [0.1, 0.15) is 32.6 Å². The largest absolute Gasteiger partial charge is 0.369 e. The van der Waals surface area contributed by atoms with Crippen molar-refractivity contribution in [1.82, 2.24) is 19.7 Å². The van der Waals surface area contributed by atoms with E-state index in [1.807, 2.05) is 12.1 Å². The van der Waals surface area contributed by atoms with Crippen LogP contribution in [0, 0.1) is 5.92 Å². The van der Waals surface area contributed by atoms with E-state index in [1.165, 1.54) is 4.90 Å². The molecule has 2 aliphatic heterocycles. The smallest absolute Gasteiger partial charge is 0.335 e. The summed E-state index contributed by atoms with van der Waals surface area (Å²) in [5.74, 6) is -1.09. The highest BCUT2D eigenvalue weighted by molar-refractivity contribution is 6.44. The van der Waals surface area contributed by atoms with Crippen molar-refractivity contribution in [3.8, 4) is 0 Å². The Labute approximate surface area is 165 Å². The normalized spacial score (nSPS) is 27.0. The standard InChI is InChI=1S/C20H27N5O3/c1-15-4-2-3-5-17(15)25-19(27)18(26)24(20(25)28)14-22-10-12-23(13-11-22)16-6-8-21-9-7-16/h6-9,15,17H,2-5,10-14H2,1H3/t15-,17-/m1/s1. The Kier molecular flexibility index (Phi) is 5.30. The molecule has 8 heteroatoms. The molecule has 28 heavy (non-hydrogen) atoms. The molecule has 4 rings (SSSR count). The summed E-state index contributed by atoms with van der Waals surface area (Å²) in [4.78, 5) is 48.7. The summed E-state index contributed by atoms with van der Waals surface area (Å²) < 4.78 is 0. The highest BCUT2D eigenvalue weighted by Crippen LogP contribution is 2.31. The number of hydrogen-bond acceptors (Lipinski definition) is 6. The highest BCUT2D eigenvalue weighted by atomic mass is 16.2. The molecule has 4 amide bonds. The second-order valence-corrected chi connectivity index (χ2v) is 7.97. The number of carbonyl (C=O) groups is 3. The van der Waals surface area contributed by atoms with Gasteiger partial charge in [-0.2, -0.15) is 0 Å². The Morgan fingerprint density at radius 1 is 0.964 bits per heavy atom. The molecular formula is C20H27N5O3. The zero-order chi connectivity index (χ0) is 19.7. The number of urea groups is 1. The molecule has 0 bridgehead atoms. The molecular weight excluding hydrogens is 358 g/mol. The van der Waals surface area contributed by atoms with E-state index < -0.39 is 17.8 Å². The predicted octanol–water partition coefficient (Wildman–Crippen LogP) is 1.53. The molecule has 3 heterocycles. The molecule has 1 saturated carbocycles. The van der Waals surface area contributed by atoms with E-state index in [2.05, 4.69) is 21.7 Å². The van der Waals surface area contributed by atoms with Crippen molar-refractivity contribution in [2.75, 3.05) is 37.7 Å². The molecule has 1 aromatic rings. The van der Waals surface area contributed by atoms with Crippen molar-refractivity contribution >= 4 is 23.5 Å². The number of piperazine rings is 1. The second-order valence-electron chi connectivity index (χ2n) is 7.97. The van der Waals surface area contributed by atoms with Gasteiger partial charge in [-0.15, -0.1) is 0 Å². The summed E-state index contributed by atoms with van der Waals surface area (Å²) in [6.45, 7) is 5.32. The molecule has 0 unspecified atom stereocenters. The number of amides is 4. The monoisotopic (exact) mass is 385 g/mol. The van der Waals surface area contributed by atoms with Crippen LogP contribution in [0.2, 0.25) is 0 Å². The van der Waals surface area contributed by atoms with Gasteiger partial charge in [0.15, 0.2) is 0 Å². The lowest BCUT2D eigenvalue weighted by Gasteiger charge is -2.37. The minimum atomic E-state index is -0.681. The lowest BCUT2D eigenvalue weighted by Crippen LogP contribution is -2.52. The van der Waals surface area contributed by atoms with Crippen molar-refractivity contribution in [3.05, 3.63) is 24.5 Å². The average molecular weight is 385 g/mol. The van der Waals surface area contributed by atoms with E-state index >= 15 is 0 Å². The van der Waals surface area contributed by atoms with Gasteiger partial charge >= 0.3 is 17.8 Å². The van der Waals surface area contributed by atoms with Crippen LogP contribution in [0.3, 0.4) is 0 Å². The maximum absolute atomic E-state index is 12.9. The van der Waals surface area contributed by atoms with Crippen LogP contribution in [0.25, 0.3) is 0 Å². The van der Waals surface area contributed by atoms with Gasteiger partial charge in [-0.05, 0) is 30.9 Å². The van der Waals surface area contributed by atoms with Gasteiger partial charge in [-0.3, -0.25) is 24.4 Å². The summed E-state index contributed by atoms with van der Waals surface area (Å²) in [5, 5.41) is 0. The first-order valence-corrected chi connectivity index (χ1v) is 10.1. The first-order valence-electron chi connectivity index (χ1n) is 10.1. The topological polar surface area (TPSA) is 77.1 Å². The quantitative estimate of drug-likeness (QED) is 0.578. The van der Waals surface area contributed by atoms with Gasteiger partial charge in [-0.25, -0.2) is 9.69 Å². The van der Waals surface area contributed by atoms with Crippen molar-refractivity contribution in [2.24, 2.45) is 5.92 Å². The Hall–Kier alpha value is -2.48. The third-order valence-electron chi connectivity index (χ3n) is 6.22. The Morgan fingerprint density at radius 3 is 2.32 bits per heavy atom. The van der Waals surface area contributed by atoms with Gasteiger partial charge in [0.2, 0.25) is 0 Å². The Morgan fingerprint density at radius 2 is 1.64 bits per heavy atom. The summed E-state index contributed by atoms with van der Waals surface area (Å²) in [6.07, 6.45) is 7.45. The predicted molar refractivity (Wildman–Crippen MR) is 103 cm³/mol. The molecule has 3 aliphatic rings. The lowest BCUT2D eigenvalue weighted by molar-refractivity contribution is -0.145. The van der Waals surface area contributed by atoms with E-state index in [4.69, 9.17) is 0 Å². The number of carbonyl (C=O) groups excluding carboxylic acids is 3. The van der Waals surface area contributed by atoms with Crippen molar-refractivity contribution in [1.29, 1.82) is 0 Å². The summed E-state index contributed by atoms with van der Waals surface area (Å²) >= 11 is 0. The molecule has 8 nitrogen and oxygen atoms in total. The van der Waals surface area contributed by atoms with E-state index in [0.717, 1.165) is 62.4 Å². The van der Waals surface area contributed by atoms with E-state index in [9.17, 15) is 14.4 Å². The maximum atomic E-state index is 12.9. The number of pyridine rings is 1. The first-order chi connectivity index (χ1) is 13.6. The number of aromatic nitrogens is 1. The van der Waals surface area contributed by atoms with Crippen LogP contribution in [0.15, 0.2) is 24.5 Å². The van der Waals surface area contributed by atoms with E-state index in [1.54, 1.807) is 12.4 Å². The fraction of sp³-hybridized carbons (Fsp3) is 0.600. The fourth-order valence-corrected chi connectivity index (χ4v) is 4.52. The molecule has 150 valence electrons. The summed E-state index contributed by atoms with van der Waals surface area (Å²) in [5.41, 5.74) is 1.12. The minimum Gasteiger partial charge on any atom is -0.369 e. The third kappa shape index (κ3) is 3.48. The number of rotatable bonds is 4.